The molecule has 1 aliphatic heterocycles. The van der Waals surface area contributed by atoms with E-state index in [2.05, 4.69) is 12.6 Å². The molecule has 3 nitrogen and oxygen atoms in total. The summed E-state index contributed by atoms with van der Waals surface area (Å²) in [5, 5.41) is 0. The van der Waals surface area contributed by atoms with Crippen molar-refractivity contribution in [2.24, 2.45) is 0 Å². The van der Waals surface area contributed by atoms with Crippen LogP contribution in [0.2, 0.25) is 0 Å². The first-order valence-corrected chi connectivity index (χ1v) is 6.36. The third-order valence-corrected chi connectivity index (χ3v) is 3.66. The minimum atomic E-state index is -4.57. The second-order valence-corrected chi connectivity index (χ2v) is 4.90. The lowest BCUT2D eigenvalue weighted by Crippen LogP contribution is -2.51. The number of benzene rings is 1. The third-order valence-electron chi connectivity index (χ3n) is 3.03. The van der Waals surface area contributed by atoms with Gasteiger partial charge >= 0.3 is 6.18 Å². The highest BCUT2D eigenvalue weighted by Gasteiger charge is 2.43. The Balaban J connectivity index is 2.25. The smallest absolute Gasteiger partial charge is 0.342 e. The summed E-state index contributed by atoms with van der Waals surface area (Å²) in [7, 11) is 1.27. The van der Waals surface area contributed by atoms with E-state index in [1.165, 1.54) is 11.9 Å². The SMILES string of the molecule is CN1C(C(F)(F)F)=CC(=O)N(Cc2ccccc2)C1S. The number of amides is 1. The van der Waals surface area contributed by atoms with Crippen LogP contribution >= 0.6 is 12.6 Å². The summed E-state index contributed by atoms with van der Waals surface area (Å²) >= 11 is 4.12. The molecule has 0 bridgehead atoms. The summed E-state index contributed by atoms with van der Waals surface area (Å²) in [5.41, 5.74) is -1.10. The average molecular weight is 302 g/mol. The number of hydrogen-bond acceptors (Lipinski definition) is 3. The largest absolute Gasteiger partial charge is 0.431 e. The number of hydrogen-bond donors (Lipinski definition) is 1. The van der Waals surface area contributed by atoms with E-state index in [1.807, 2.05) is 6.07 Å². The van der Waals surface area contributed by atoms with Gasteiger partial charge in [-0.3, -0.25) is 4.79 Å². The van der Waals surface area contributed by atoms with Gasteiger partial charge in [0, 0.05) is 19.7 Å². The van der Waals surface area contributed by atoms with Crippen molar-refractivity contribution < 1.29 is 18.0 Å². The van der Waals surface area contributed by atoms with Crippen molar-refractivity contribution in [3.8, 4) is 0 Å². The maximum atomic E-state index is 12.8. The topological polar surface area (TPSA) is 23.6 Å². The number of allylic oxidation sites excluding steroid dienone is 1. The Bertz CT molecular complexity index is 530. The second kappa shape index (κ2) is 5.40. The molecular formula is C13H13F3N2OS. The average Bonchev–Trinajstić information content (AvgIpc) is 2.39. The summed E-state index contributed by atoms with van der Waals surface area (Å²) in [6.45, 7) is 0.208. The lowest BCUT2D eigenvalue weighted by molar-refractivity contribution is -0.141. The zero-order valence-electron chi connectivity index (χ0n) is 10.6. The number of rotatable bonds is 2. The minimum Gasteiger partial charge on any atom is -0.342 e. The van der Waals surface area contributed by atoms with Gasteiger partial charge in [-0.05, 0) is 5.56 Å². The van der Waals surface area contributed by atoms with Crippen LogP contribution in [0.1, 0.15) is 5.56 Å². The van der Waals surface area contributed by atoms with Gasteiger partial charge in [0.05, 0.1) is 0 Å². The Hall–Kier alpha value is -1.63. The molecule has 1 aromatic rings. The molecule has 1 unspecified atom stereocenters. The number of halogens is 3. The molecule has 0 saturated heterocycles. The molecule has 0 fully saturated rings. The molecule has 1 aliphatic rings. The maximum absolute atomic E-state index is 12.8. The quantitative estimate of drug-likeness (QED) is 0.849. The van der Waals surface area contributed by atoms with Gasteiger partial charge in [-0.15, -0.1) is 12.6 Å². The molecule has 0 aromatic heterocycles. The van der Waals surface area contributed by atoms with Gasteiger partial charge in [-0.1, -0.05) is 30.3 Å². The Morgan fingerprint density at radius 3 is 2.40 bits per heavy atom. The lowest BCUT2D eigenvalue weighted by atomic mass is 10.2. The van der Waals surface area contributed by atoms with Gasteiger partial charge in [0.1, 0.15) is 11.2 Å². The van der Waals surface area contributed by atoms with Gasteiger partial charge in [0.15, 0.2) is 0 Å². The molecule has 0 radical (unpaired) electrons. The van der Waals surface area contributed by atoms with Crippen molar-refractivity contribution in [3.63, 3.8) is 0 Å². The van der Waals surface area contributed by atoms with Crippen LogP contribution in [0.25, 0.3) is 0 Å². The summed E-state index contributed by atoms with van der Waals surface area (Å²) in [6.07, 6.45) is -3.96. The van der Waals surface area contributed by atoms with Crippen molar-refractivity contribution in [2.75, 3.05) is 7.05 Å². The summed E-state index contributed by atoms with van der Waals surface area (Å²) in [6, 6.07) is 9.04. The van der Waals surface area contributed by atoms with Gasteiger partial charge in [-0.25, -0.2) is 0 Å². The van der Waals surface area contributed by atoms with Crippen molar-refractivity contribution in [3.05, 3.63) is 47.7 Å². The van der Waals surface area contributed by atoms with E-state index in [-0.39, 0.29) is 6.54 Å². The first-order valence-electron chi connectivity index (χ1n) is 5.85. The highest BCUT2D eigenvalue weighted by atomic mass is 32.1. The van der Waals surface area contributed by atoms with Crippen LogP contribution in [-0.2, 0) is 11.3 Å². The second-order valence-electron chi connectivity index (χ2n) is 4.44. The summed E-state index contributed by atoms with van der Waals surface area (Å²) < 4.78 is 38.3. The molecule has 0 spiro atoms. The van der Waals surface area contributed by atoms with E-state index in [9.17, 15) is 18.0 Å². The van der Waals surface area contributed by atoms with Crippen LogP contribution in [-0.4, -0.2) is 34.4 Å². The number of alkyl halides is 3. The number of thiol groups is 1. The van der Waals surface area contributed by atoms with Gasteiger partial charge in [0.2, 0.25) is 0 Å². The minimum absolute atomic E-state index is 0.208. The Kier molecular flexibility index (Phi) is 3.99. The van der Waals surface area contributed by atoms with Crippen LogP contribution in [0.15, 0.2) is 42.1 Å². The normalized spacial score (nSPS) is 20.1. The van der Waals surface area contributed by atoms with Crippen molar-refractivity contribution in [2.45, 2.75) is 18.2 Å². The molecule has 0 N–H and O–H groups in total. The molecule has 1 atom stereocenters. The molecule has 1 amide bonds. The Morgan fingerprint density at radius 2 is 1.85 bits per heavy atom. The fraction of sp³-hybridized carbons (Fsp3) is 0.308. The number of carbonyl (C=O) groups is 1. The van der Waals surface area contributed by atoms with E-state index in [0.717, 1.165) is 10.5 Å². The summed E-state index contributed by atoms with van der Waals surface area (Å²) in [4.78, 5) is 14.1. The molecule has 20 heavy (non-hydrogen) atoms. The van der Waals surface area contributed by atoms with Crippen LogP contribution in [0.4, 0.5) is 13.2 Å². The van der Waals surface area contributed by atoms with Crippen LogP contribution in [0, 0.1) is 0 Å². The van der Waals surface area contributed by atoms with Crippen LogP contribution < -0.4 is 0 Å². The van der Waals surface area contributed by atoms with Crippen LogP contribution in [0.3, 0.4) is 0 Å². The van der Waals surface area contributed by atoms with E-state index in [1.54, 1.807) is 24.3 Å². The Labute approximate surface area is 120 Å². The van der Waals surface area contributed by atoms with Crippen molar-refractivity contribution in [1.82, 2.24) is 9.80 Å². The molecule has 1 heterocycles. The molecule has 0 saturated carbocycles. The molecular weight excluding hydrogens is 289 g/mol. The summed E-state index contributed by atoms with van der Waals surface area (Å²) in [5.74, 6) is -0.695. The standard InChI is InChI=1S/C13H13F3N2OS/c1-17-10(13(14,15)16)7-11(19)18(12(17)20)8-9-5-3-2-4-6-9/h2-7,12,20H,8H2,1H3. The molecule has 0 aliphatic carbocycles. The molecule has 108 valence electrons. The van der Waals surface area contributed by atoms with E-state index >= 15 is 0 Å². The molecule has 2 rings (SSSR count). The highest BCUT2D eigenvalue weighted by Crippen LogP contribution is 2.33. The predicted octanol–water partition coefficient (Wildman–Crippen LogP) is 2.62. The molecule has 7 heteroatoms. The Morgan fingerprint density at radius 1 is 1.25 bits per heavy atom. The zero-order chi connectivity index (χ0) is 14.9. The predicted molar refractivity (Wildman–Crippen MR) is 71.7 cm³/mol. The third kappa shape index (κ3) is 2.92. The maximum Gasteiger partial charge on any atom is 0.431 e. The van der Waals surface area contributed by atoms with E-state index in [0.29, 0.717) is 6.08 Å². The zero-order valence-corrected chi connectivity index (χ0v) is 11.5. The first-order chi connectivity index (χ1) is 9.30. The van der Waals surface area contributed by atoms with E-state index in [4.69, 9.17) is 0 Å². The van der Waals surface area contributed by atoms with Crippen molar-refractivity contribution >= 4 is 18.5 Å². The lowest BCUT2D eigenvalue weighted by Gasteiger charge is -2.40. The number of carbonyl (C=O) groups excluding carboxylic acids is 1. The first kappa shape index (κ1) is 14.8. The monoisotopic (exact) mass is 302 g/mol. The van der Waals surface area contributed by atoms with E-state index < -0.39 is 23.3 Å². The fourth-order valence-electron chi connectivity index (χ4n) is 1.97. The van der Waals surface area contributed by atoms with Gasteiger partial charge < -0.3 is 9.80 Å². The molecule has 1 aromatic carbocycles. The fourth-order valence-corrected chi connectivity index (χ4v) is 2.29. The number of nitrogens with zero attached hydrogens (tertiary/aromatic N) is 2. The van der Waals surface area contributed by atoms with Crippen molar-refractivity contribution in [1.29, 1.82) is 0 Å². The van der Waals surface area contributed by atoms with Gasteiger partial charge in [-0.2, -0.15) is 13.2 Å². The van der Waals surface area contributed by atoms with Crippen LogP contribution in [0.5, 0.6) is 0 Å². The van der Waals surface area contributed by atoms with Gasteiger partial charge in [0.25, 0.3) is 5.91 Å². The highest BCUT2D eigenvalue weighted by molar-refractivity contribution is 7.80.